The Hall–Kier alpha value is -2.46. The molecule has 0 heterocycles. The van der Waals surface area contributed by atoms with Gasteiger partial charge in [-0.05, 0) is 53.1 Å². The largest absolute Gasteiger partial charge is 0.289 e. The number of carbonyl (C=O) groups is 3. The first kappa shape index (κ1) is 16.5. The minimum Gasteiger partial charge on any atom is -0.289 e. The van der Waals surface area contributed by atoms with Gasteiger partial charge in [0.15, 0.2) is 17.3 Å². The van der Waals surface area contributed by atoms with Crippen molar-refractivity contribution in [2.24, 2.45) is 0 Å². The van der Waals surface area contributed by atoms with Gasteiger partial charge in [-0.3, -0.25) is 14.4 Å². The van der Waals surface area contributed by atoms with Crippen molar-refractivity contribution >= 4 is 52.2 Å². The third-order valence-corrected chi connectivity index (χ3v) is 6.42. The van der Waals surface area contributed by atoms with Gasteiger partial charge in [0, 0.05) is 54.4 Å². The van der Waals surface area contributed by atoms with Crippen molar-refractivity contribution in [3.8, 4) is 0 Å². The van der Waals surface area contributed by atoms with E-state index < -0.39 is 5.92 Å². The smallest absolute Gasteiger partial charge is 0.193 e. The van der Waals surface area contributed by atoms with Gasteiger partial charge in [0.1, 0.15) is 0 Å². The lowest BCUT2D eigenvalue weighted by atomic mass is 9.62. The Bertz CT molecular complexity index is 1110. The van der Waals surface area contributed by atoms with Gasteiger partial charge in [0.05, 0.1) is 0 Å². The summed E-state index contributed by atoms with van der Waals surface area (Å²) in [6.07, 6.45) is 0. The molecule has 0 aromatic heterocycles. The Labute approximate surface area is 173 Å². The molecule has 3 aromatic carbocycles. The number of benzene rings is 3. The Kier molecular flexibility index (Phi) is 3.01. The van der Waals surface area contributed by atoms with E-state index in [1.54, 1.807) is 36.4 Å². The Morgan fingerprint density at radius 3 is 0.893 bits per heavy atom. The summed E-state index contributed by atoms with van der Waals surface area (Å²) in [7, 11) is 0. The average molecular weight is 426 g/mol. The van der Waals surface area contributed by atoms with E-state index >= 15 is 0 Å². The van der Waals surface area contributed by atoms with Crippen molar-refractivity contribution in [2.75, 3.05) is 0 Å². The predicted molar refractivity (Wildman–Crippen MR) is 106 cm³/mol. The van der Waals surface area contributed by atoms with Gasteiger partial charge in [-0.25, -0.2) is 0 Å². The summed E-state index contributed by atoms with van der Waals surface area (Å²) in [5.74, 6) is -1.25. The van der Waals surface area contributed by atoms with Crippen molar-refractivity contribution in [3.63, 3.8) is 0 Å². The average Bonchev–Trinajstić information content (AvgIpc) is 2.65. The third kappa shape index (κ3) is 1.80. The maximum Gasteiger partial charge on any atom is 0.193 e. The summed E-state index contributed by atoms with van der Waals surface area (Å²) < 4.78 is 0. The number of rotatable bonds is 0. The van der Waals surface area contributed by atoms with Gasteiger partial charge in [-0.1, -0.05) is 34.8 Å². The molecule has 3 aliphatic carbocycles. The van der Waals surface area contributed by atoms with Gasteiger partial charge < -0.3 is 0 Å². The van der Waals surface area contributed by atoms with Crippen molar-refractivity contribution in [3.05, 3.63) is 102 Å². The summed E-state index contributed by atoms with van der Waals surface area (Å²) in [6, 6.07) is 9.48. The van der Waals surface area contributed by atoms with E-state index in [1.165, 1.54) is 0 Å². The molecule has 3 aliphatic rings. The van der Waals surface area contributed by atoms with Crippen LogP contribution in [0.3, 0.4) is 0 Å². The first-order chi connectivity index (χ1) is 13.4. The topological polar surface area (TPSA) is 51.2 Å². The highest BCUT2D eigenvalue weighted by Crippen LogP contribution is 2.53. The van der Waals surface area contributed by atoms with Crippen LogP contribution in [0.1, 0.15) is 70.4 Å². The number of hydrogen-bond donors (Lipinski definition) is 0. The van der Waals surface area contributed by atoms with Crippen LogP contribution in [0, 0.1) is 0 Å². The Morgan fingerprint density at radius 2 is 0.679 bits per heavy atom. The summed E-state index contributed by atoms with van der Waals surface area (Å²) in [6.45, 7) is 0. The van der Waals surface area contributed by atoms with E-state index in [0.29, 0.717) is 65.1 Å². The minimum atomic E-state index is -0.403. The molecule has 134 valence electrons. The highest BCUT2D eigenvalue weighted by molar-refractivity contribution is 6.36. The zero-order valence-electron chi connectivity index (χ0n) is 13.9. The van der Waals surface area contributed by atoms with Crippen molar-refractivity contribution < 1.29 is 14.4 Å². The highest BCUT2D eigenvalue weighted by Gasteiger charge is 2.47. The molecule has 0 saturated heterocycles. The normalized spacial score (nSPS) is 15.8. The molecule has 0 unspecified atom stereocenters. The minimum absolute atomic E-state index is 0.282. The van der Waals surface area contributed by atoms with E-state index in [9.17, 15) is 14.4 Å². The fourth-order valence-electron chi connectivity index (χ4n) is 4.78. The molecule has 6 heteroatoms. The molecule has 6 rings (SSSR count). The zero-order valence-corrected chi connectivity index (χ0v) is 16.2. The predicted octanol–water partition coefficient (Wildman–Crippen LogP) is 5.46. The molecule has 0 atom stereocenters. The van der Waals surface area contributed by atoms with Gasteiger partial charge in [-0.15, -0.1) is 0 Å². The van der Waals surface area contributed by atoms with Crippen LogP contribution in [0.2, 0.25) is 15.1 Å². The van der Waals surface area contributed by atoms with E-state index in [0.717, 1.165) is 0 Å². The SMILES string of the molecule is O=C1c2cc(Cl)cc3c2C2c4c1cc(Cl)cc4C(=O)c1cc(Cl)cc(c12)C3=O. The lowest BCUT2D eigenvalue weighted by molar-refractivity contribution is 0.102. The van der Waals surface area contributed by atoms with Crippen LogP contribution in [0.15, 0.2) is 36.4 Å². The monoisotopic (exact) mass is 424 g/mol. The summed E-state index contributed by atoms with van der Waals surface area (Å²) in [4.78, 5) is 39.7. The van der Waals surface area contributed by atoms with Gasteiger partial charge in [0.25, 0.3) is 0 Å². The number of hydrogen-bond acceptors (Lipinski definition) is 3. The van der Waals surface area contributed by atoms with E-state index in [1.807, 2.05) is 0 Å². The molecule has 0 amide bonds. The second kappa shape index (κ2) is 5.12. The first-order valence-corrected chi connectivity index (χ1v) is 9.64. The molecule has 0 fully saturated rings. The van der Waals surface area contributed by atoms with Crippen molar-refractivity contribution in [1.29, 1.82) is 0 Å². The van der Waals surface area contributed by atoms with Gasteiger partial charge >= 0.3 is 0 Å². The fourth-order valence-corrected chi connectivity index (χ4v) is 5.44. The second-order valence-corrected chi connectivity index (χ2v) is 8.47. The third-order valence-electron chi connectivity index (χ3n) is 5.77. The summed E-state index contributed by atoms with van der Waals surface area (Å²) in [5.41, 5.74) is 4.09. The standard InChI is InChI=1S/C22H7Cl3O3/c23-7-1-10-16-11(2-7)21(27)14-5-9(25)6-15-18(14)19(16)17-12(20(10)26)3-8(24)4-13(17)22(15)28/h1-6,19H. The molecule has 0 saturated carbocycles. The molecular formula is C22H7Cl3O3. The number of ketones is 3. The lowest BCUT2D eigenvalue weighted by Crippen LogP contribution is -2.34. The quantitative estimate of drug-likeness (QED) is 0.325. The maximum absolute atomic E-state index is 13.2. The van der Waals surface area contributed by atoms with Gasteiger partial charge in [0.2, 0.25) is 0 Å². The number of halogens is 3. The highest BCUT2D eigenvalue weighted by atomic mass is 35.5. The van der Waals surface area contributed by atoms with Crippen molar-refractivity contribution in [2.45, 2.75) is 5.92 Å². The van der Waals surface area contributed by atoms with Crippen LogP contribution < -0.4 is 0 Å². The molecule has 0 N–H and O–H groups in total. The number of carbonyl (C=O) groups excluding carboxylic acids is 3. The molecule has 0 aliphatic heterocycles. The van der Waals surface area contributed by atoms with Crippen LogP contribution >= 0.6 is 34.8 Å². The molecule has 3 aromatic rings. The molecule has 0 bridgehead atoms. The molecule has 0 spiro atoms. The maximum atomic E-state index is 13.2. The fraction of sp³-hybridized carbons (Fsp3) is 0.0455. The van der Waals surface area contributed by atoms with Crippen molar-refractivity contribution in [1.82, 2.24) is 0 Å². The molecule has 0 radical (unpaired) electrons. The van der Waals surface area contributed by atoms with Crippen LogP contribution in [0.5, 0.6) is 0 Å². The van der Waals surface area contributed by atoms with E-state index in [4.69, 9.17) is 34.8 Å². The van der Waals surface area contributed by atoms with Crippen LogP contribution in [0.4, 0.5) is 0 Å². The summed E-state index contributed by atoms with van der Waals surface area (Å²) >= 11 is 18.7. The molecule has 28 heavy (non-hydrogen) atoms. The van der Waals surface area contributed by atoms with Crippen LogP contribution in [0.25, 0.3) is 0 Å². The van der Waals surface area contributed by atoms with Gasteiger partial charge in [-0.2, -0.15) is 0 Å². The van der Waals surface area contributed by atoms with Crippen LogP contribution in [-0.4, -0.2) is 17.3 Å². The zero-order chi connectivity index (χ0) is 19.5. The Balaban J connectivity index is 1.88. The molecule has 3 nitrogen and oxygen atoms in total. The molecular weight excluding hydrogens is 419 g/mol. The second-order valence-electron chi connectivity index (χ2n) is 7.16. The van der Waals surface area contributed by atoms with Crippen LogP contribution in [-0.2, 0) is 0 Å². The Morgan fingerprint density at radius 1 is 0.464 bits per heavy atom. The summed E-state index contributed by atoms with van der Waals surface area (Å²) in [5, 5.41) is 0.913. The van der Waals surface area contributed by atoms with E-state index in [2.05, 4.69) is 0 Å². The first-order valence-electron chi connectivity index (χ1n) is 8.51. The van der Waals surface area contributed by atoms with E-state index in [-0.39, 0.29) is 17.3 Å². The lowest BCUT2D eigenvalue weighted by Gasteiger charge is -2.39.